The minimum atomic E-state index is -0.390. The summed E-state index contributed by atoms with van der Waals surface area (Å²) in [6, 6.07) is 17.5. The second-order valence-corrected chi connectivity index (χ2v) is 7.24. The lowest BCUT2D eigenvalue weighted by Crippen LogP contribution is -2.47. The van der Waals surface area contributed by atoms with E-state index in [4.69, 9.17) is 4.74 Å². The van der Waals surface area contributed by atoms with Crippen LogP contribution in [0.3, 0.4) is 0 Å². The topological polar surface area (TPSA) is 79.0 Å². The van der Waals surface area contributed by atoms with Crippen molar-refractivity contribution in [1.82, 2.24) is 15.1 Å². The number of benzene rings is 2. The molecule has 0 radical (unpaired) electrons. The highest BCUT2D eigenvalue weighted by atomic mass is 16.6. The Labute approximate surface area is 176 Å². The smallest absolute Gasteiger partial charge is 0.410 e. The lowest BCUT2D eigenvalue weighted by molar-refractivity contribution is -0.125. The van der Waals surface area contributed by atoms with Crippen LogP contribution in [0.5, 0.6) is 5.75 Å². The summed E-state index contributed by atoms with van der Waals surface area (Å²) < 4.78 is 5.41. The van der Waals surface area contributed by atoms with E-state index in [-0.39, 0.29) is 24.3 Å². The van der Waals surface area contributed by atoms with Crippen molar-refractivity contribution in [1.29, 1.82) is 0 Å². The summed E-state index contributed by atoms with van der Waals surface area (Å²) in [6.07, 6.45) is 0.360. The van der Waals surface area contributed by atoms with E-state index in [1.165, 1.54) is 0 Å². The van der Waals surface area contributed by atoms with Gasteiger partial charge in [0.25, 0.3) is 0 Å². The molecule has 1 atom stereocenters. The Morgan fingerprint density at radius 1 is 0.933 bits per heavy atom. The molecule has 1 N–H and O–H groups in total. The average molecular weight is 409 g/mol. The summed E-state index contributed by atoms with van der Waals surface area (Å²) >= 11 is 0. The maximum absolute atomic E-state index is 12.5. The number of nitrogens with zero attached hydrogens (tertiary/aromatic N) is 2. The number of hydrogen-bond donors (Lipinski definition) is 1. The van der Waals surface area contributed by atoms with Crippen molar-refractivity contribution in [2.45, 2.75) is 19.4 Å². The largest absolute Gasteiger partial charge is 0.415 e. The van der Waals surface area contributed by atoms with Gasteiger partial charge in [-0.15, -0.1) is 0 Å². The number of amides is 2. The van der Waals surface area contributed by atoms with Crippen LogP contribution >= 0.6 is 0 Å². The molecule has 0 spiro atoms. The van der Waals surface area contributed by atoms with Crippen molar-refractivity contribution < 1.29 is 19.1 Å². The normalized spacial score (nSPS) is 15.7. The van der Waals surface area contributed by atoms with Gasteiger partial charge in [-0.25, -0.2) is 4.79 Å². The maximum atomic E-state index is 12.5. The van der Waals surface area contributed by atoms with Gasteiger partial charge in [-0.1, -0.05) is 48.5 Å². The summed E-state index contributed by atoms with van der Waals surface area (Å²) in [5.41, 5.74) is 0.577. The van der Waals surface area contributed by atoms with Crippen LogP contribution < -0.4 is 10.1 Å². The fraction of sp³-hybridized carbons (Fsp3) is 0.348. The molecule has 0 unspecified atom stereocenters. The minimum absolute atomic E-state index is 0.0312. The van der Waals surface area contributed by atoms with Crippen LogP contribution in [0.2, 0.25) is 0 Å². The second kappa shape index (κ2) is 10.5. The van der Waals surface area contributed by atoms with E-state index in [1.54, 1.807) is 41.3 Å². The van der Waals surface area contributed by atoms with Crippen LogP contribution in [0, 0.1) is 0 Å². The molecule has 1 heterocycles. The first-order valence-electron chi connectivity index (χ1n) is 10.2. The van der Waals surface area contributed by atoms with Gasteiger partial charge in [0.05, 0.1) is 12.6 Å². The van der Waals surface area contributed by atoms with E-state index < -0.39 is 6.04 Å². The van der Waals surface area contributed by atoms with Crippen molar-refractivity contribution in [3.63, 3.8) is 0 Å². The molecule has 1 aliphatic rings. The molecule has 2 aromatic carbocycles. The van der Waals surface area contributed by atoms with E-state index in [0.29, 0.717) is 37.5 Å². The van der Waals surface area contributed by atoms with E-state index >= 15 is 0 Å². The molecular formula is C23H27N3O4. The number of hydrogen-bond acceptors (Lipinski definition) is 5. The van der Waals surface area contributed by atoms with E-state index in [2.05, 4.69) is 5.32 Å². The number of nitrogens with one attached hydrogen (secondary N) is 1. The van der Waals surface area contributed by atoms with Gasteiger partial charge in [-0.2, -0.15) is 0 Å². The predicted molar refractivity (Wildman–Crippen MR) is 113 cm³/mol. The van der Waals surface area contributed by atoms with Crippen LogP contribution in [0.1, 0.15) is 23.7 Å². The fourth-order valence-corrected chi connectivity index (χ4v) is 3.37. The zero-order chi connectivity index (χ0) is 21.3. The lowest BCUT2D eigenvalue weighted by Gasteiger charge is -2.26. The number of carbonyl (C=O) groups is 3. The Bertz CT molecular complexity index is 857. The molecule has 2 aromatic rings. The molecule has 30 heavy (non-hydrogen) atoms. The minimum Gasteiger partial charge on any atom is -0.410 e. The summed E-state index contributed by atoms with van der Waals surface area (Å²) in [5, 5.41) is 2.73. The Balaban J connectivity index is 1.47. The highest BCUT2D eigenvalue weighted by Gasteiger charge is 2.26. The molecule has 3 rings (SSSR count). The van der Waals surface area contributed by atoms with Gasteiger partial charge in [-0.05, 0) is 25.5 Å². The Morgan fingerprint density at radius 3 is 2.30 bits per heavy atom. The van der Waals surface area contributed by atoms with Crippen LogP contribution in [0.15, 0.2) is 60.7 Å². The third-order valence-electron chi connectivity index (χ3n) is 5.18. The predicted octanol–water partition coefficient (Wildman–Crippen LogP) is 2.58. The summed E-state index contributed by atoms with van der Waals surface area (Å²) in [5.74, 6) is 0.195. The lowest BCUT2D eigenvalue weighted by atomic mass is 10.1. The molecule has 0 bridgehead atoms. The molecular weight excluding hydrogens is 382 g/mol. The van der Waals surface area contributed by atoms with Gasteiger partial charge in [0, 0.05) is 31.7 Å². The molecule has 158 valence electrons. The highest BCUT2D eigenvalue weighted by Crippen LogP contribution is 2.13. The SMILES string of the molecule is C[C@@H](C(=O)NCC(=O)c1ccccc1)N1CCCN(C(=O)Oc2ccccc2)CC1. The number of Topliss-reactive ketones (excluding diaryl/α,β-unsaturated/α-hetero) is 1. The van der Waals surface area contributed by atoms with Gasteiger partial charge >= 0.3 is 6.09 Å². The molecule has 1 aliphatic heterocycles. The van der Waals surface area contributed by atoms with Gasteiger partial charge in [-0.3, -0.25) is 14.5 Å². The number of para-hydroxylation sites is 1. The quantitative estimate of drug-likeness (QED) is 0.742. The van der Waals surface area contributed by atoms with Crippen molar-refractivity contribution in [2.24, 2.45) is 0 Å². The number of ketones is 1. The van der Waals surface area contributed by atoms with Crippen molar-refractivity contribution in [3.05, 3.63) is 66.2 Å². The van der Waals surface area contributed by atoms with Gasteiger partial charge in [0.1, 0.15) is 5.75 Å². The molecule has 1 fully saturated rings. The van der Waals surface area contributed by atoms with Crippen molar-refractivity contribution in [2.75, 3.05) is 32.7 Å². The van der Waals surface area contributed by atoms with Crippen LogP contribution in [-0.2, 0) is 4.79 Å². The maximum Gasteiger partial charge on any atom is 0.415 e. The first-order chi connectivity index (χ1) is 14.5. The Morgan fingerprint density at radius 2 is 1.60 bits per heavy atom. The second-order valence-electron chi connectivity index (χ2n) is 7.24. The molecule has 0 aliphatic carbocycles. The summed E-state index contributed by atoms with van der Waals surface area (Å²) in [4.78, 5) is 40.8. The number of carbonyl (C=O) groups excluding carboxylic acids is 3. The van der Waals surface area contributed by atoms with Crippen LogP contribution in [0.25, 0.3) is 0 Å². The van der Waals surface area contributed by atoms with Crippen LogP contribution in [0.4, 0.5) is 4.79 Å². The standard InChI is InChI=1S/C23H27N3O4/c1-18(22(28)24-17-21(27)19-9-4-2-5-10-19)25-13-8-14-26(16-15-25)23(29)30-20-11-6-3-7-12-20/h2-7,9-12,18H,8,13-17H2,1H3,(H,24,28)/t18-/m0/s1. The first kappa shape index (κ1) is 21.5. The molecule has 0 saturated carbocycles. The number of rotatable bonds is 6. The third kappa shape index (κ3) is 5.90. The Hall–Kier alpha value is -3.19. The zero-order valence-electron chi connectivity index (χ0n) is 17.1. The van der Waals surface area contributed by atoms with Gasteiger partial charge in [0.2, 0.25) is 5.91 Å². The summed E-state index contributed by atoms with van der Waals surface area (Å²) in [6.45, 7) is 4.09. The Kier molecular flexibility index (Phi) is 7.57. The van der Waals surface area contributed by atoms with Gasteiger partial charge in [0.15, 0.2) is 5.78 Å². The zero-order valence-corrected chi connectivity index (χ0v) is 17.1. The van der Waals surface area contributed by atoms with Crippen molar-refractivity contribution in [3.8, 4) is 5.75 Å². The third-order valence-corrected chi connectivity index (χ3v) is 5.18. The fourth-order valence-electron chi connectivity index (χ4n) is 3.37. The first-order valence-corrected chi connectivity index (χ1v) is 10.2. The summed E-state index contributed by atoms with van der Waals surface area (Å²) in [7, 11) is 0. The van der Waals surface area contributed by atoms with Crippen LogP contribution in [-0.4, -0.2) is 66.3 Å². The molecule has 0 aromatic heterocycles. The van der Waals surface area contributed by atoms with E-state index in [1.807, 2.05) is 36.1 Å². The average Bonchev–Trinajstić information content (AvgIpc) is 3.04. The van der Waals surface area contributed by atoms with E-state index in [0.717, 1.165) is 6.42 Å². The van der Waals surface area contributed by atoms with Gasteiger partial charge < -0.3 is 15.0 Å². The number of ether oxygens (including phenoxy) is 1. The van der Waals surface area contributed by atoms with Crippen molar-refractivity contribution >= 4 is 17.8 Å². The van der Waals surface area contributed by atoms with E-state index in [9.17, 15) is 14.4 Å². The molecule has 1 saturated heterocycles. The monoisotopic (exact) mass is 409 g/mol. The molecule has 7 heteroatoms. The molecule has 2 amide bonds. The highest BCUT2D eigenvalue weighted by molar-refractivity contribution is 5.99. The molecule has 7 nitrogen and oxygen atoms in total.